The number of alkyl carbamates (subject to hydrolysis) is 1. The number of hydrogen-bond donors (Lipinski definition) is 1. The molecule has 3 amide bonds. The lowest BCUT2D eigenvalue weighted by molar-refractivity contribution is -0.139. The smallest absolute Gasteiger partial charge is 0.407 e. The Morgan fingerprint density at radius 2 is 1.63 bits per heavy atom. The van der Waals surface area contributed by atoms with Gasteiger partial charge in [0, 0.05) is 48.7 Å². The minimum Gasteiger partial charge on any atom is -0.444 e. The number of benzene rings is 2. The Bertz CT molecular complexity index is 1260. The number of piperidine rings is 1. The molecule has 4 rings (SSSR count). The number of carbonyl (C=O) groups is 3. The van der Waals surface area contributed by atoms with Gasteiger partial charge in [-0.2, -0.15) is 0 Å². The van der Waals surface area contributed by atoms with Crippen LogP contribution in [-0.2, 0) is 9.53 Å². The van der Waals surface area contributed by atoms with Gasteiger partial charge in [0.25, 0.3) is 5.91 Å². The van der Waals surface area contributed by atoms with Crippen LogP contribution in [0.4, 0.5) is 4.79 Å². The minimum absolute atomic E-state index is 0.0148. The minimum atomic E-state index is -0.622. The number of nitrogens with one attached hydrogen (secondary N) is 1. The summed E-state index contributed by atoms with van der Waals surface area (Å²) in [5.74, 6) is -0.633. The van der Waals surface area contributed by atoms with Gasteiger partial charge in [-0.15, -0.1) is 0 Å². The van der Waals surface area contributed by atoms with Crippen LogP contribution in [0.3, 0.4) is 0 Å². The highest BCUT2D eigenvalue weighted by atomic mass is 35.5. The Balaban J connectivity index is 1.56. The molecule has 41 heavy (non-hydrogen) atoms. The van der Waals surface area contributed by atoms with Gasteiger partial charge in [-0.1, -0.05) is 53.7 Å². The van der Waals surface area contributed by atoms with Crippen molar-refractivity contribution >= 4 is 52.7 Å². The van der Waals surface area contributed by atoms with Gasteiger partial charge in [-0.3, -0.25) is 9.59 Å². The Labute approximate surface area is 257 Å². The lowest BCUT2D eigenvalue weighted by Crippen LogP contribution is -2.55. The first-order valence-corrected chi connectivity index (χ1v) is 15.2. The number of likely N-dealkylation sites (tertiary alicyclic amines) is 1. The number of amides is 3. The van der Waals surface area contributed by atoms with Crippen LogP contribution >= 0.6 is 34.8 Å². The molecule has 4 atom stereocenters. The molecule has 0 spiro atoms. The van der Waals surface area contributed by atoms with Crippen LogP contribution in [0.1, 0.15) is 74.7 Å². The molecular formula is C31H38Cl3N3O4. The van der Waals surface area contributed by atoms with Gasteiger partial charge < -0.3 is 19.9 Å². The molecule has 0 radical (unpaired) electrons. The third-order valence-corrected chi connectivity index (χ3v) is 8.95. The van der Waals surface area contributed by atoms with Crippen LogP contribution in [-0.4, -0.2) is 65.5 Å². The van der Waals surface area contributed by atoms with Crippen molar-refractivity contribution in [2.45, 2.75) is 76.5 Å². The van der Waals surface area contributed by atoms with Gasteiger partial charge >= 0.3 is 6.09 Å². The molecule has 10 heteroatoms. The van der Waals surface area contributed by atoms with Gasteiger partial charge in [0.2, 0.25) is 5.91 Å². The molecule has 1 N–H and O–H groups in total. The van der Waals surface area contributed by atoms with Crippen molar-refractivity contribution in [1.29, 1.82) is 0 Å². The van der Waals surface area contributed by atoms with Gasteiger partial charge in [-0.25, -0.2) is 4.79 Å². The third kappa shape index (κ3) is 7.88. The SMILES string of the molecule is CN(C(=O)c1ccc(Cl)cc1)[C@@H]1CCN(C(=O)[C@H]2CCCC[C@H]2NC(=O)OC(C)(C)C)C[C@H]1c1ccc(Cl)c(Cl)c1. The Morgan fingerprint density at radius 3 is 2.29 bits per heavy atom. The van der Waals surface area contributed by atoms with Gasteiger partial charge in [0.15, 0.2) is 0 Å². The summed E-state index contributed by atoms with van der Waals surface area (Å²) in [6.45, 7) is 6.36. The predicted octanol–water partition coefficient (Wildman–Crippen LogP) is 7.19. The maximum Gasteiger partial charge on any atom is 0.407 e. The van der Waals surface area contributed by atoms with Crippen molar-refractivity contribution in [3.8, 4) is 0 Å². The van der Waals surface area contributed by atoms with E-state index in [0.717, 1.165) is 24.8 Å². The quantitative estimate of drug-likeness (QED) is 0.383. The lowest BCUT2D eigenvalue weighted by Gasteiger charge is -2.45. The zero-order chi connectivity index (χ0) is 29.9. The monoisotopic (exact) mass is 621 g/mol. The van der Waals surface area contributed by atoms with Crippen molar-refractivity contribution in [1.82, 2.24) is 15.1 Å². The molecule has 0 bridgehead atoms. The van der Waals surface area contributed by atoms with Crippen LogP contribution in [0.2, 0.25) is 15.1 Å². The molecule has 2 aromatic carbocycles. The van der Waals surface area contributed by atoms with Crippen LogP contribution < -0.4 is 5.32 Å². The molecule has 222 valence electrons. The van der Waals surface area contributed by atoms with E-state index in [1.165, 1.54) is 0 Å². The molecule has 1 aliphatic heterocycles. The zero-order valence-corrected chi connectivity index (χ0v) is 26.2. The molecule has 2 aromatic rings. The summed E-state index contributed by atoms with van der Waals surface area (Å²) in [6, 6.07) is 11.8. The van der Waals surface area contributed by atoms with E-state index in [0.29, 0.717) is 46.6 Å². The van der Waals surface area contributed by atoms with E-state index in [2.05, 4.69) is 5.32 Å². The second-order valence-electron chi connectivity index (χ2n) is 12.0. The number of likely N-dealkylation sites (N-methyl/N-ethyl adjacent to an activating group) is 1. The predicted molar refractivity (Wildman–Crippen MR) is 163 cm³/mol. The Hall–Kier alpha value is -2.48. The van der Waals surface area contributed by atoms with E-state index in [9.17, 15) is 14.4 Å². The molecule has 2 fully saturated rings. The molecule has 2 aliphatic rings. The van der Waals surface area contributed by atoms with Crippen molar-refractivity contribution in [2.24, 2.45) is 5.92 Å². The summed E-state index contributed by atoms with van der Waals surface area (Å²) < 4.78 is 5.47. The fourth-order valence-corrected chi connectivity index (χ4v) is 6.35. The summed E-state index contributed by atoms with van der Waals surface area (Å²) in [7, 11) is 1.80. The van der Waals surface area contributed by atoms with Crippen LogP contribution in [0, 0.1) is 5.92 Å². The van der Waals surface area contributed by atoms with E-state index in [4.69, 9.17) is 39.5 Å². The number of carbonyl (C=O) groups excluding carboxylic acids is 3. The number of halogens is 3. The van der Waals surface area contributed by atoms with E-state index >= 15 is 0 Å². The molecule has 0 aromatic heterocycles. The molecule has 7 nitrogen and oxygen atoms in total. The summed E-state index contributed by atoms with van der Waals surface area (Å²) in [6.07, 6.45) is 3.37. The molecule has 1 saturated heterocycles. The van der Waals surface area contributed by atoms with Crippen molar-refractivity contribution in [3.05, 3.63) is 68.7 Å². The average molecular weight is 623 g/mol. The molecular weight excluding hydrogens is 585 g/mol. The highest BCUT2D eigenvalue weighted by Gasteiger charge is 2.41. The van der Waals surface area contributed by atoms with Gasteiger partial charge in [0.05, 0.1) is 16.0 Å². The van der Waals surface area contributed by atoms with E-state index < -0.39 is 11.7 Å². The maximum atomic E-state index is 14.0. The number of hydrogen-bond acceptors (Lipinski definition) is 4. The summed E-state index contributed by atoms with van der Waals surface area (Å²) in [4.78, 5) is 43.6. The highest BCUT2D eigenvalue weighted by Crippen LogP contribution is 2.36. The third-order valence-electron chi connectivity index (χ3n) is 7.95. The first-order chi connectivity index (χ1) is 19.3. The first-order valence-electron chi connectivity index (χ1n) is 14.1. The van der Waals surface area contributed by atoms with Gasteiger partial charge in [0.1, 0.15) is 5.60 Å². The Morgan fingerprint density at radius 1 is 0.951 bits per heavy atom. The summed E-state index contributed by atoms with van der Waals surface area (Å²) in [5, 5.41) is 4.39. The fourth-order valence-electron chi connectivity index (χ4n) is 5.91. The normalized spacial score (nSPS) is 23.0. The first kappa shape index (κ1) is 31.5. The summed E-state index contributed by atoms with van der Waals surface area (Å²) >= 11 is 18.7. The number of ether oxygens (including phenoxy) is 1. The van der Waals surface area contributed by atoms with Gasteiger partial charge in [-0.05, 0) is 82.0 Å². The molecule has 1 heterocycles. The molecule has 1 saturated carbocycles. The van der Waals surface area contributed by atoms with E-state index in [1.807, 2.05) is 37.8 Å². The highest BCUT2D eigenvalue weighted by molar-refractivity contribution is 6.42. The Kier molecular flexibility index (Phi) is 10.1. The standard InChI is InChI=1S/C31H38Cl3N3O4/c1-31(2,3)41-30(40)35-26-8-6-5-7-22(26)29(39)37-16-15-27(23(18-37)20-11-14-24(33)25(34)17-20)36(4)28(38)19-9-12-21(32)13-10-19/h9-14,17,22-23,26-27H,5-8,15-16,18H2,1-4H3,(H,35,40)/t22-,23-,26+,27+/m0/s1. The lowest BCUT2D eigenvalue weighted by atomic mass is 9.81. The van der Waals surface area contributed by atoms with Crippen molar-refractivity contribution < 1.29 is 19.1 Å². The van der Waals surface area contributed by atoms with E-state index in [-0.39, 0.29) is 35.7 Å². The molecule has 1 aliphatic carbocycles. The zero-order valence-electron chi connectivity index (χ0n) is 24.0. The second kappa shape index (κ2) is 13.2. The van der Waals surface area contributed by atoms with Crippen LogP contribution in [0.5, 0.6) is 0 Å². The summed E-state index contributed by atoms with van der Waals surface area (Å²) in [5.41, 5.74) is 0.828. The fraction of sp³-hybridized carbons (Fsp3) is 0.516. The largest absolute Gasteiger partial charge is 0.444 e. The topological polar surface area (TPSA) is 79.0 Å². The second-order valence-corrected chi connectivity index (χ2v) is 13.2. The number of nitrogens with zero attached hydrogens (tertiary/aromatic N) is 2. The maximum absolute atomic E-state index is 14.0. The van der Waals surface area contributed by atoms with E-state index in [1.54, 1.807) is 42.3 Å². The van der Waals surface area contributed by atoms with Crippen molar-refractivity contribution in [3.63, 3.8) is 0 Å². The molecule has 0 unspecified atom stereocenters. The van der Waals surface area contributed by atoms with Crippen LogP contribution in [0.15, 0.2) is 42.5 Å². The van der Waals surface area contributed by atoms with Crippen molar-refractivity contribution in [2.75, 3.05) is 20.1 Å². The van der Waals surface area contributed by atoms with Crippen LogP contribution in [0.25, 0.3) is 0 Å². The number of rotatable bonds is 5. The average Bonchev–Trinajstić information content (AvgIpc) is 2.92.